The van der Waals surface area contributed by atoms with E-state index < -0.39 is 0 Å². The van der Waals surface area contributed by atoms with Crippen molar-refractivity contribution in [3.05, 3.63) is 12.4 Å². The molecule has 0 saturated carbocycles. The fourth-order valence-corrected chi connectivity index (χ4v) is 1.38. The zero-order valence-corrected chi connectivity index (χ0v) is 10.4. The van der Waals surface area contributed by atoms with Crippen molar-refractivity contribution in [2.24, 2.45) is 0 Å². The van der Waals surface area contributed by atoms with E-state index in [1.165, 1.54) is 0 Å². The molecular weight excluding hydrogens is 204 g/mol. The first-order valence-electron chi connectivity index (χ1n) is 5.40. The highest BCUT2D eigenvalue weighted by Gasteiger charge is 2.11. The van der Waals surface area contributed by atoms with Crippen LogP contribution in [0.4, 0.5) is 11.6 Å². The van der Waals surface area contributed by atoms with Gasteiger partial charge in [0.25, 0.3) is 0 Å². The van der Waals surface area contributed by atoms with Crippen LogP contribution in [0.3, 0.4) is 0 Å². The van der Waals surface area contributed by atoms with Crippen molar-refractivity contribution in [1.29, 1.82) is 0 Å². The Morgan fingerprint density at radius 3 is 2.88 bits per heavy atom. The lowest BCUT2D eigenvalue weighted by Crippen LogP contribution is -2.30. The Kier molecular flexibility index (Phi) is 4.98. The Morgan fingerprint density at radius 1 is 1.50 bits per heavy atom. The lowest BCUT2D eigenvalue weighted by atomic mass is 10.2. The molecule has 0 aliphatic heterocycles. The van der Waals surface area contributed by atoms with Crippen molar-refractivity contribution in [2.75, 3.05) is 38.0 Å². The Balaban J connectivity index is 2.67. The molecule has 1 N–H and O–H groups in total. The van der Waals surface area contributed by atoms with Crippen LogP contribution in [0.5, 0.6) is 0 Å². The van der Waals surface area contributed by atoms with Crippen molar-refractivity contribution < 1.29 is 4.74 Å². The summed E-state index contributed by atoms with van der Waals surface area (Å²) < 4.78 is 5.07. The van der Waals surface area contributed by atoms with E-state index >= 15 is 0 Å². The van der Waals surface area contributed by atoms with Gasteiger partial charge in [-0.25, -0.2) is 9.97 Å². The minimum Gasteiger partial charge on any atom is -0.385 e. The monoisotopic (exact) mass is 224 g/mol. The second kappa shape index (κ2) is 6.27. The molecule has 5 heteroatoms. The number of hydrogen-bond acceptors (Lipinski definition) is 5. The largest absolute Gasteiger partial charge is 0.385 e. The van der Waals surface area contributed by atoms with Crippen LogP contribution in [0, 0.1) is 0 Å². The Hall–Kier alpha value is -1.36. The van der Waals surface area contributed by atoms with Gasteiger partial charge in [0.15, 0.2) is 0 Å². The number of hydrogen-bond donors (Lipinski definition) is 1. The SMILES string of the molecule is CNc1cc(N(C)C(C)CCOC)ncn1. The highest BCUT2D eigenvalue weighted by Crippen LogP contribution is 2.15. The summed E-state index contributed by atoms with van der Waals surface area (Å²) in [7, 11) is 5.60. The summed E-state index contributed by atoms with van der Waals surface area (Å²) in [6.07, 6.45) is 2.55. The van der Waals surface area contributed by atoms with E-state index in [9.17, 15) is 0 Å². The first kappa shape index (κ1) is 12.7. The minimum absolute atomic E-state index is 0.388. The van der Waals surface area contributed by atoms with E-state index in [0.717, 1.165) is 24.7 Å². The Morgan fingerprint density at radius 2 is 2.25 bits per heavy atom. The molecule has 0 spiro atoms. The molecule has 90 valence electrons. The molecule has 0 bridgehead atoms. The summed E-state index contributed by atoms with van der Waals surface area (Å²) in [5.41, 5.74) is 0. The summed E-state index contributed by atoms with van der Waals surface area (Å²) in [6, 6.07) is 2.32. The number of nitrogens with zero attached hydrogens (tertiary/aromatic N) is 3. The zero-order valence-electron chi connectivity index (χ0n) is 10.4. The van der Waals surface area contributed by atoms with Gasteiger partial charge in [0.1, 0.15) is 18.0 Å². The molecule has 1 heterocycles. The standard InChI is InChI=1S/C11H20N4O/c1-9(5-6-16-4)15(3)11-7-10(12-2)13-8-14-11/h7-9H,5-6H2,1-4H3,(H,12,13,14). The molecule has 0 radical (unpaired) electrons. The van der Waals surface area contributed by atoms with Gasteiger partial charge in [-0.05, 0) is 13.3 Å². The highest BCUT2D eigenvalue weighted by atomic mass is 16.5. The predicted octanol–water partition coefficient (Wildman–Crippen LogP) is 1.38. The molecule has 0 aromatic carbocycles. The van der Waals surface area contributed by atoms with Crippen molar-refractivity contribution in [2.45, 2.75) is 19.4 Å². The van der Waals surface area contributed by atoms with Crippen LogP contribution in [0.1, 0.15) is 13.3 Å². The van der Waals surface area contributed by atoms with Gasteiger partial charge in [0, 0.05) is 39.9 Å². The topological polar surface area (TPSA) is 50.3 Å². The van der Waals surface area contributed by atoms with E-state index in [1.807, 2.05) is 20.2 Å². The fourth-order valence-electron chi connectivity index (χ4n) is 1.38. The molecule has 1 rings (SSSR count). The van der Waals surface area contributed by atoms with Gasteiger partial charge in [-0.2, -0.15) is 0 Å². The zero-order chi connectivity index (χ0) is 12.0. The summed E-state index contributed by atoms with van der Waals surface area (Å²) in [5, 5.41) is 3.00. The molecule has 5 nitrogen and oxygen atoms in total. The lowest BCUT2D eigenvalue weighted by Gasteiger charge is -2.25. The molecular formula is C11H20N4O. The van der Waals surface area contributed by atoms with E-state index in [-0.39, 0.29) is 0 Å². The maximum Gasteiger partial charge on any atom is 0.134 e. The lowest BCUT2D eigenvalue weighted by molar-refractivity contribution is 0.189. The molecule has 0 aliphatic rings. The molecule has 1 unspecified atom stereocenters. The molecule has 0 aliphatic carbocycles. The summed E-state index contributed by atoms with van der Waals surface area (Å²) >= 11 is 0. The average molecular weight is 224 g/mol. The molecule has 0 fully saturated rings. The quantitative estimate of drug-likeness (QED) is 0.791. The maximum atomic E-state index is 5.07. The van der Waals surface area contributed by atoms with E-state index in [1.54, 1.807) is 13.4 Å². The van der Waals surface area contributed by atoms with E-state index in [0.29, 0.717) is 6.04 Å². The van der Waals surface area contributed by atoms with Gasteiger partial charge in [-0.1, -0.05) is 0 Å². The molecule has 1 aromatic rings. The van der Waals surface area contributed by atoms with Gasteiger partial charge < -0.3 is 15.0 Å². The van der Waals surface area contributed by atoms with Crippen LogP contribution >= 0.6 is 0 Å². The molecule has 0 amide bonds. The third-order valence-corrected chi connectivity index (χ3v) is 2.67. The number of aromatic nitrogens is 2. The van der Waals surface area contributed by atoms with Gasteiger partial charge in [0.2, 0.25) is 0 Å². The van der Waals surface area contributed by atoms with Crippen LogP contribution in [0.15, 0.2) is 12.4 Å². The number of ether oxygens (including phenoxy) is 1. The minimum atomic E-state index is 0.388. The van der Waals surface area contributed by atoms with Crippen molar-refractivity contribution in [3.8, 4) is 0 Å². The van der Waals surface area contributed by atoms with E-state index in [4.69, 9.17) is 4.74 Å². The molecule has 16 heavy (non-hydrogen) atoms. The van der Waals surface area contributed by atoms with Crippen molar-refractivity contribution >= 4 is 11.6 Å². The van der Waals surface area contributed by atoms with Crippen LogP contribution in [-0.4, -0.2) is 43.8 Å². The number of methoxy groups -OCH3 is 1. The van der Waals surface area contributed by atoms with E-state index in [2.05, 4.69) is 27.1 Å². The molecule has 1 atom stereocenters. The van der Waals surface area contributed by atoms with Crippen LogP contribution in [0.2, 0.25) is 0 Å². The van der Waals surface area contributed by atoms with Gasteiger partial charge in [-0.3, -0.25) is 0 Å². The Labute approximate surface area is 96.8 Å². The van der Waals surface area contributed by atoms with Crippen molar-refractivity contribution in [3.63, 3.8) is 0 Å². The first-order valence-corrected chi connectivity index (χ1v) is 5.40. The van der Waals surface area contributed by atoms with Crippen LogP contribution in [0.25, 0.3) is 0 Å². The summed E-state index contributed by atoms with van der Waals surface area (Å²) in [6.45, 7) is 2.91. The Bertz CT molecular complexity index is 319. The summed E-state index contributed by atoms with van der Waals surface area (Å²) in [5.74, 6) is 1.75. The average Bonchev–Trinajstić information content (AvgIpc) is 2.35. The normalized spacial score (nSPS) is 12.2. The molecule has 0 saturated heterocycles. The third kappa shape index (κ3) is 3.34. The maximum absolute atomic E-state index is 5.07. The van der Waals surface area contributed by atoms with Crippen molar-refractivity contribution in [1.82, 2.24) is 9.97 Å². The fraction of sp³-hybridized carbons (Fsp3) is 0.636. The smallest absolute Gasteiger partial charge is 0.134 e. The van der Waals surface area contributed by atoms with Crippen LogP contribution < -0.4 is 10.2 Å². The molecule has 1 aromatic heterocycles. The van der Waals surface area contributed by atoms with Gasteiger partial charge in [-0.15, -0.1) is 0 Å². The van der Waals surface area contributed by atoms with Crippen LogP contribution in [-0.2, 0) is 4.74 Å². The second-order valence-corrected chi connectivity index (χ2v) is 3.75. The van der Waals surface area contributed by atoms with Gasteiger partial charge in [0.05, 0.1) is 0 Å². The number of nitrogens with one attached hydrogen (secondary N) is 1. The third-order valence-electron chi connectivity index (χ3n) is 2.67. The second-order valence-electron chi connectivity index (χ2n) is 3.75. The first-order chi connectivity index (χ1) is 7.69. The number of anilines is 2. The highest BCUT2D eigenvalue weighted by molar-refractivity contribution is 5.48. The van der Waals surface area contributed by atoms with Gasteiger partial charge >= 0.3 is 0 Å². The number of rotatable bonds is 6. The summed E-state index contributed by atoms with van der Waals surface area (Å²) in [4.78, 5) is 10.5. The predicted molar refractivity (Wildman–Crippen MR) is 65.9 cm³/mol.